The van der Waals surface area contributed by atoms with Crippen molar-refractivity contribution >= 4 is 11.9 Å². The lowest BCUT2D eigenvalue weighted by atomic mass is 10.3. The minimum absolute atomic E-state index is 0.179. The summed E-state index contributed by atoms with van der Waals surface area (Å²) in [6.07, 6.45) is -0.270. The van der Waals surface area contributed by atoms with E-state index in [0.29, 0.717) is 6.61 Å². The fraction of sp³-hybridized carbons (Fsp3) is 0.778. The molecule has 0 aliphatic rings. The molecule has 0 saturated carbocycles. The maximum atomic E-state index is 11.1. The van der Waals surface area contributed by atoms with Crippen molar-refractivity contribution < 1.29 is 23.8 Å². The number of carbonyl (C=O) groups excluding carboxylic acids is 2. The second-order valence-electron chi connectivity index (χ2n) is 2.74. The van der Waals surface area contributed by atoms with Crippen LogP contribution >= 0.6 is 0 Å². The molecule has 1 atom stereocenters. The van der Waals surface area contributed by atoms with Crippen LogP contribution in [-0.4, -0.2) is 52.0 Å². The quantitative estimate of drug-likeness (QED) is 0.473. The highest BCUT2D eigenvalue weighted by molar-refractivity contribution is 6.32. The van der Waals surface area contributed by atoms with Crippen LogP contribution in [0.2, 0.25) is 0 Å². The van der Waals surface area contributed by atoms with Crippen LogP contribution in [0.3, 0.4) is 0 Å². The summed E-state index contributed by atoms with van der Waals surface area (Å²) in [5.74, 6) is -1.65. The molecular weight excluding hydrogens is 202 g/mol. The van der Waals surface area contributed by atoms with Gasteiger partial charge >= 0.3 is 11.9 Å². The predicted molar refractivity (Wildman–Crippen MR) is 52.3 cm³/mol. The monoisotopic (exact) mass is 219 g/mol. The first-order chi connectivity index (χ1) is 7.15. The minimum atomic E-state index is -0.884. The van der Waals surface area contributed by atoms with Crippen LogP contribution in [0.5, 0.6) is 0 Å². The highest BCUT2D eigenvalue weighted by Crippen LogP contribution is 1.89. The summed E-state index contributed by atoms with van der Waals surface area (Å²) in [7, 11) is 3.03. The Morgan fingerprint density at radius 3 is 2.47 bits per heavy atom. The van der Waals surface area contributed by atoms with Crippen LogP contribution in [0.4, 0.5) is 0 Å². The molecule has 0 radical (unpaired) electrons. The number of carbonyl (C=O) groups is 2. The van der Waals surface area contributed by atoms with E-state index in [1.807, 2.05) is 0 Å². The van der Waals surface area contributed by atoms with Gasteiger partial charge in [0.05, 0.1) is 19.3 Å². The molecule has 1 unspecified atom stereocenters. The van der Waals surface area contributed by atoms with Crippen LogP contribution in [0.15, 0.2) is 0 Å². The Morgan fingerprint density at radius 1 is 1.33 bits per heavy atom. The van der Waals surface area contributed by atoms with Gasteiger partial charge in [-0.15, -0.1) is 0 Å². The van der Waals surface area contributed by atoms with Crippen molar-refractivity contribution in [1.82, 2.24) is 5.32 Å². The molecule has 0 bridgehead atoms. The van der Waals surface area contributed by atoms with Gasteiger partial charge in [-0.25, -0.2) is 4.79 Å². The minimum Gasteiger partial charge on any atom is -0.459 e. The number of rotatable bonds is 6. The number of amides is 1. The van der Waals surface area contributed by atoms with Gasteiger partial charge in [-0.3, -0.25) is 4.79 Å². The van der Waals surface area contributed by atoms with Gasteiger partial charge < -0.3 is 19.5 Å². The highest BCUT2D eigenvalue weighted by atomic mass is 16.5. The lowest BCUT2D eigenvalue weighted by Crippen LogP contribution is -2.39. The maximum absolute atomic E-state index is 11.1. The van der Waals surface area contributed by atoms with Gasteiger partial charge in [0.2, 0.25) is 0 Å². The van der Waals surface area contributed by atoms with Crippen molar-refractivity contribution in [2.24, 2.45) is 0 Å². The first-order valence-electron chi connectivity index (χ1n) is 4.62. The van der Waals surface area contributed by atoms with Gasteiger partial charge in [0.25, 0.3) is 0 Å². The van der Waals surface area contributed by atoms with Crippen LogP contribution in [0, 0.1) is 0 Å². The second kappa shape index (κ2) is 8.19. The van der Waals surface area contributed by atoms with Crippen LogP contribution in [0.25, 0.3) is 0 Å². The molecule has 0 aliphatic carbocycles. The van der Waals surface area contributed by atoms with Crippen molar-refractivity contribution in [3.63, 3.8) is 0 Å². The third-order valence-electron chi connectivity index (χ3n) is 1.64. The van der Waals surface area contributed by atoms with Gasteiger partial charge in [-0.05, 0) is 6.92 Å². The number of hydrogen-bond donors (Lipinski definition) is 1. The van der Waals surface area contributed by atoms with Crippen LogP contribution < -0.4 is 5.32 Å². The summed E-state index contributed by atoms with van der Waals surface area (Å²) in [4.78, 5) is 22.0. The van der Waals surface area contributed by atoms with E-state index in [-0.39, 0.29) is 19.3 Å². The van der Waals surface area contributed by atoms with Gasteiger partial charge in [0, 0.05) is 20.8 Å². The molecular formula is C9H17NO5. The highest BCUT2D eigenvalue weighted by Gasteiger charge is 2.16. The average molecular weight is 219 g/mol. The summed E-state index contributed by atoms with van der Waals surface area (Å²) in [6.45, 7) is 2.37. The molecule has 1 N–H and O–H groups in total. The molecule has 0 aliphatic heterocycles. The van der Waals surface area contributed by atoms with Gasteiger partial charge in [-0.1, -0.05) is 0 Å². The lowest BCUT2D eigenvalue weighted by Gasteiger charge is -2.14. The van der Waals surface area contributed by atoms with E-state index in [1.54, 1.807) is 6.92 Å². The van der Waals surface area contributed by atoms with E-state index in [9.17, 15) is 9.59 Å². The van der Waals surface area contributed by atoms with Crippen molar-refractivity contribution in [1.29, 1.82) is 0 Å². The van der Waals surface area contributed by atoms with E-state index in [2.05, 4.69) is 10.1 Å². The average Bonchev–Trinajstić information content (AvgIpc) is 2.24. The zero-order chi connectivity index (χ0) is 11.7. The molecule has 0 saturated heterocycles. The van der Waals surface area contributed by atoms with Crippen molar-refractivity contribution in [2.45, 2.75) is 13.0 Å². The molecule has 6 heteroatoms. The van der Waals surface area contributed by atoms with Gasteiger partial charge in [-0.2, -0.15) is 0 Å². The third-order valence-corrected chi connectivity index (χ3v) is 1.64. The molecule has 15 heavy (non-hydrogen) atoms. The Labute approximate surface area is 88.9 Å². The standard InChI is InChI=1S/C9H17NO5/c1-4-15-9(12)8(11)10-5-7(14-3)6-13-2/h7H,4-6H2,1-3H3,(H,10,11). The Hall–Kier alpha value is -1.14. The number of ether oxygens (including phenoxy) is 3. The summed E-state index contributed by atoms with van der Waals surface area (Å²) >= 11 is 0. The molecule has 0 aromatic rings. The zero-order valence-electron chi connectivity index (χ0n) is 9.24. The van der Waals surface area contributed by atoms with E-state index >= 15 is 0 Å². The predicted octanol–water partition coefficient (Wildman–Crippen LogP) is -0.673. The summed E-state index contributed by atoms with van der Waals surface area (Å²) < 4.78 is 14.3. The van der Waals surface area contributed by atoms with Crippen molar-refractivity contribution in [3.05, 3.63) is 0 Å². The van der Waals surface area contributed by atoms with Gasteiger partial charge in [0.1, 0.15) is 0 Å². The molecule has 0 aromatic carbocycles. The number of methoxy groups -OCH3 is 2. The number of hydrogen-bond acceptors (Lipinski definition) is 5. The van der Waals surface area contributed by atoms with Gasteiger partial charge in [0.15, 0.2) is 0 Å². The van der Waals surface area contributed by atoms with E-state index in [0.717, 1.165) is 0 Å². The fourth-order valence-electron chi connectivity index (χ4n) is 0.872. The summed E-state index contributed by atoms with van der Waals surface area (Å²) in [5.41, 5.74) is 0. The summed E-state index contributed by atoms with van der Waals surface area (Å²) in [6, 6.07) is 0. The lowest BCUT2D eigenvalue weighted by molar-refractivity contribution is -0.154. The molecule has 0 spiro atoms. The Bertz CT molecular complexity index is 207. The molecule has 1 amide bonds. The van der Waals surface area contributed by atoms with E-state index in [4.69, 9.17) is 9.47 Å². The first kappa shape index (κ1) is 13.9. The van der Waals surface area contributed by atoms with Crippen molar-refractivity contribution in [2.75, 3.05) is 34.0 Å². The Kier molecular flexibility index (Phi) is 7.57. The van der Waals surface area contributed by atoms with Crippen LogP contribution in [-0.2, 0) is 23.8 Å². The number of nitrogens with one attached hydrogen (secondary N) is 1. The normalized spacial score (nSPS) is 11.9. The molecule has 0 aromatic heterocycles. The van der Waals surface area contributed by atoms with E-state index in [1.165, 1.54) is 14.2 Å². The third kappa shape index (κ3) is 6.03. The SMILES string of the molecule is CCOC(=O)C(=O)NCC(COC)OC. The Morgan fingerprint density at radius 2 is 2.00 bits per heavy atom. The topological polar surface area (TPSA) is 73.9 Å². The molecule has 6 nitrogen and oxygen atoms in total. The first-order valence-corrected chi connectivity index (χ1v) is 4.62. The van der Waals surface area contributed by atoms with Crippen LogP contribution in [0.1, 0.15) is 6.92 Å². The smallest absolute Gasteiger partial charge is 0.396 e. The fourth-order valence-corrected chi connectivity index (χ4v) is 0.872. The van der Waals surface area contributed by atoms with E-state index < -0.39 is 11.9 Å². The molecule has 88 valence electrons. The summed E-state index contributed by atoms with van der Waals surface area (Å²) in [5, 5.41) is 2.38. The Balaban J connectivity index is 3.81. The zero-order valence-corrected chi connectivity index (χ0v) is 9.24. The van der Waals surface area contributed by atoms with Crippen molar-refractivity contribution in [3.8, 4) is 0 Å². The molecule has 0 rings (SSSR count). The largest absolute Gasteiger partial charge is 0.459 e. The molecule has 0 fully saturated rings. The number of esters is 1. The second-order valence-corrected chi connectivity index (χ2v) is 2.74. The maximum Gasteiger partial charge on any atom is 0.396 e. The molecule has 0 heterocycles.